The summed E-state index contributed by atoms with van der Waals surface area (Å²) in [7, 11) is -3.07. The maximum atomic E-state index is 13.0. The highest BCUT2D eigenvalue weighted by molar-refractivity contribution is 7.91. The molecular formula is C6H11FO2S. The van der Waals surface area contributed by atoms with Gasteiger partial charge in [-0.05, 0) is 19.8 Å². The van der Waals surface area contributed by atoms with Gasteiger partial charge >= 0.3 is 0 Å². The van der Waals surface area contributed by atoms with E-state index in [9.17, 15) is 12.8 Å². The summed E-state index contributed by atoms with van der Waals surface area (Å²) in [6.45, 7) is 1.35. The highest BCUT2D eigenvalue weighted by atomic mass is 32.2. The van der Waals surface area contributed by atoms with Crippen LogP contribution in [0.15, 0.2) is 0 Å². The first kappa shape index (κ1) is 7.98. The molecule has 0 N–H and O–H groups in total. The molecule has 1 fully saturated rings. The van der Waals surface area contributed by atoms with E-state index < -0.39 is 15.5 Å². The fraction of sp³-hybridized carbons (Fsp3) is 1.00. The summed E-state index contributed by atoms with van der Waals surface area (Å²) in [6.07, 6.45) is 0.849. The van der Waals surface area contributed by atoms with Crippen LogP contribution in [0.2, 0.25) is 0 Å². The van der Waals surface area contributed by atoms with Gasteiger partial charge in [0, 0.05) is 0 Å². The van der Waals surface area contributed by atoms with Crippen LogP contribution in [0.3, 0.4) is 0 Å². The van der Waals surface area contributed by atoms with Gasteiger partial charge in [0.15, 0.2) is 9.84 Å². The van der Waals surface area contributed by atoms with Crippen molar-refractivity contribution in [3.05, 3.63) is 0 Å². The van der Waals surface area contributed by atoms with Crippen molar-refractivity contribution in [2.45, 2.75) is 25.4 Å². The molecule has 0 aromatic heterocycles. The number of sulfone groups is 1. The van der Waals surface area contributed by atoms with Crippen molar-refractivity contribution < 1.29 is 12.8 Å². The molecule has 0 radical (unpaired) electrons. The fourth-order valence-corrected chi connectivity index (χ4v) is 3.05. The third kappa shape index (κ3) is 1.94. The van der Waals surface area contributed by atoms with Crippen LogP contribution in [0.4, 0.5) is 4.39 Å². The Morgan fingerprint density at radius 2 is 2.10 bits per heavy atom. The van der Waals surface area contributed by atoms with E-state index in [0.717, 1.165) is 0 Å². The zero-order chi connectivity index (χ0) is 7.83. The first-order chi connectivity index (χ1) is 4.41. The molecule has 1 heterocycles. The van der Waals surface area contributed by atoms with Gasteiger partial charge in [0.25, 0.3) is 0 Å². The minimum atomic E-state index is -3.07. The molecule has 0 bridgehead atoms. The van der Waals surface area contributed by atoms with Crippen LogP contribution in [-0.4, -0.2) is 25.6 Å². The number of hydrogen-bond donors (Lipinski definition) is 0. The second kappa shape index (κ2) is 2.19. The number of alkyl halides is 1. The van der Waals surface area contributed by atoms with Crippen molar-refractivity contribution in [1.29, 1.82) is 0 Å². The van der Waals surface area contributed by atoms with Crippen LogP contribution in [0.5, 0.6) is 0 Å². The van der Waals surface area contributed by atoms with Crippen molar-refractivity contribution >= 4 is 9.84 Å². The van der Waals surface area contributed by atoms with Crippen LogP contribution in [-0.2, 0) is 9.84 Å². The largest absolute Gasteiger partial charge is 0.243 e. The van der Waals surface area contributed by atoms with E-state index in [1.807, 2.05) is 0 Å². The zero-order valence-corrected chi connectivity index (χ0v) is 6.75. The van der Waals surface area contributed by atoms with Crippen molar-refractivity contribution in [2.24, 2.45) is 0 Å². The molecule has 0 aliphatic carbocycles. The summed E-state index contributed by atoms with van der Waals surface area (Å²) in [5, 5.41) is 0. The predicted molar refractivity (Wildman–Crippen MR) is 37.4 cm³/mol. The van der Waals surface area contributed by atoms with Gasteiger partial charge in [0.2, 0.25) is 0 Å². The van der Waals surface area contributed by atoms with Crippen molar-refractivity contribution in [3.8, 4) is 0 Å². The highest BCUT2D eigenvalue weighted by Gasteiger charge is 2.34. The third-order valence-electron chi connectivity index (χ3n) is 1.67. The van der Waals surface area contributed by atoms with Crippen LogP contribution >= 0.6 is 0 Å². The topological polar surface area (TPSA) is 34.1 Å². The minimum absolute atomic E-state index is 0.159. The highest BCUT2D eigenvalue weighted by Crippen LogP contribution is 2.25. The van der Waals surface area contributed by atoms with Crippen LogP contribution in [0, 0.1) is 0 Å². The molecule has 1 aliphatic heterocycles. The van der Waals surface area contributed by atoms with Gasteiger partial charge in [-0.15, -0.1) is 0 Å². The van der Waals surface area contributed by atoms with Crippen molar-refractivity contribution in [3.63, 3.8) is 0 Å². The van der Waals surface area contributed by atoms with E-state index >= 15 is 0 Å². The SMILES string of the molecule is CC1(F)CCCS(=O)(=O)C1. The molecule has 0 amide bonds. The van der Waals surface area contributed by atoms with Gasteiger partial charge in [-0.25, -0.2) is 12.8 Å². The maximum Gasteiger partial charge on any atom is 0.153 e. The Hall–Kier alpha value is -0.120. The minimum Gasteiger partial charge on any atom is -0.243 e. The molecule has 60 valence electrons. The summed E-state index contributed by atoms with van der Waals surface area (Å²) >= 11 is 0. The van der Waals surface area contributed by atoms with E-state index in [0.29, 0.717) is 12.8 Å². The molecule has 0 aromatic carbocycles. The molecular weight excluding hydrogens is 155 g/mol. The van der Waals surface area contributed by atoms with E-state index in [1.165, 1.54) is 6.92 Å². The second-order valence-corrected chi connectivity index (χ2v) is 5.29. The zero-order valence-electron chi connectivity index (χ0n) is 5.93. The first-order valence-corrected chi connectivity index (χ1v) is 5.13. The lowest BCUT2D eigenvalue weighted by Gasteiger charge is -2.24. The number of hydrogen-bond acceptors (Lipinski definition) is 2. The summed E-state index contributed by atoms with van der Waals surface area (Å²) < 4.78 is 34.6. The monoisotopic (exact) mass is 166 g/mol. The van der Waals surface area contributed by atoms with Gasteiger partial charge < -0.3 is 0 Å². The van der Waals surface area contributed by atoms with Crippen LogP contribution < -0.4 is 0 Å². The average Bonchev–Trinajstić information content (AvgIpc) is 1.56. The molecule has 0 aromatic rings. The normalized spacial score (nSPS) is 39.4. The molecule has 1 atom stereocenters. The lowest BCUT2D eigenvalue weighted by atomic mass is 10.1. The lowest BCUT2D eigenvalue weighted by Crippen LogP contribution is -2.35. The van der Waals surface area contributed by atoms with Crippen LogP contribution in [0.25, 0.3) is 0 Å². The quantitative estimate of drug-likeness (QED) is 0.536. The second-order valence-electron chi connectivity index (χ2n) is 3.11. The molecule has 1 saturated heterocycles. The van der Waals surface area contributed by atoms with E-state index in [4.69, 9.17) is 0 Å². The van der Waals surface area contributed by atoms with Crippen molar-refractivity contribution in [1.82, 2.24) is 0 Å². The summed E-state index contributed by atoms with van der Waals surface area (Å²) in [5.41, 5.74) is -1.48. The molecule has 10 heavy (non-hydrogen) atoms. The van der Waals surface area contributed by atoms with Gasteiger partial charge in [-0.3, -0.25) is 0 Å². The maximum absolute atomic E-state index is 13.0. The summed E-state index contributed by atoms with van der Waals surface area (Å²) in [4.78, 5) is 0. The van der Waals surface area contributed by atoms with E-state index in [2.05, 4.69) is 0 Å². The van der Waals surface area contributed by atoms with Gasteiger partial charge in [0.1, 0.15) is 5.67 Å². The predicted octanol–water partition coefficient (Wildman–Crippen LogP) is 0.923. The Balaban J connectivity index is 2.75. The fourth-order valence-electron chi connectivity index (χ4n) is 1.26. The first-order valence-electron chi connectivity index (χ1n) is 3.31. The standard InChI is InChI=1S/C6H11FO2S/c1-6(7)3-2-4-10(8,9)5-6/h2-5H2,1H3. The Labute approximate surface area is 60.3 Å². The van der Waals surface area contributed by atoms with Gasteiger partial charge in [-0.1, -0.05) is 0 Å². The average molecular weight is 166 g/mol. The Morgan fingerprint density at radius 3 is 2.40 bits per heavy atom. The van der Waals surface area contributed by atoms with Gasteiger partial charge in [0.05, 0.1) is 11.5 Å². The summed E-state index contributed by atoms with van der Waals surface area (Å²) in [5.74, 6) is -0.132. The summed E-state index contributed by atoms with van der Waals surface area (Å²) in [6, 6.07) is 0. The number of rotatable bonds is 0. The smallest absolute Gasteiger partial charge is 0.153 e. The number of halogens is 1. The molecule has 1 aliphatic rings. The molecule has 4 heteroatoms. The Kier molecular flexibility index (Phi) is 1.75. The van der Waals surface area contributed by atoms with Gasteiger partial charge in [-0.2, -0.15) is 0 Å². The molecule has 1 rings (SSSR count). The van der Waals surface area contributed by atoms with Crippen molar-refractivity contribution in [2.75, 3.05) is 11.5 Å². The molecule has 0 saturated carbocycles. The molecule has 0 spiro atoms. The lowest BCUT2D eigenvalue weighted by molar-refractivity contribution is 0.197. The van der Waals surface area contributed by atoms with E-state index in [1.54, 1.807) is 0 Å². The Bertz CT molecular complexity index is 218. The Morgan fingerprint density at radius 1 is 1.50 bits per heavy atom. The molecule has 2 nitrogen and oxygen atoms in total. The van der Waals surface area contributed by atoms with E-state index in [-0.39, 0.29) is 11.5 Å². The molecule has 1 unspecified atom stereocenters. The van der Waals surface area contributed by atoms with Crippen LogP contribution in [0.1, 0.15) is 19.8 Å². The third-order valence-corrected chi connectivity index (χ3v) is 3.63.